The summed E-state index contributed by atoms with van der Waals surface area (Å²) in [6.45, 7) is 4.15. The lowest BCUT2D eigenvalue weighted by Gasteiger charge is -2.13. The Morgan fingerprint density at radius 3 is 2.70 bits per heavy atom. The van der Waals surface area contributed by atoms with Crippen LogP contribution in [-0.4, -0.2) is 30.6 Å². The molecule has 0 aromatic carbocycles. The van der Waals surface area contributed by atoms with Gasteiger partial charge in [-0.15, -0.1) is 0 Å². The number of nitrogens with zero attached hydrogens (tertiary/aromatic N) is 3. The molecular weight excluding hydrogens is 318 g/mol. The summed E-state index contributed by atoms with van der Waals surface area (Å²) in [7, 11) is 1.81. The highest BCUT2D eigenvalue weighted by Gasteiger charge is 2.20. The van der Waals surface area contributed by atoms with Crippen LogP contribution in [-0.2, 0) is 13.6 Å². The summed E-state index contributed by atoms with van der Waals surface area (Å²) in [5.41, 5.74) is 4.38. The number of aromatic nitrogens is 4. The predicted octanol–water partition coefficient (Wildman–Crippen LogP) is 0.483. The molecule has 0 spiro atoms. The zero-order valence-electron chi connectivity index (χ0n) is 13.2. The first kappa shape index (κ1) is 17.1. The van der Waals surface area contributed by atoms with Gasteiger partial charge in [-0.1, -0.05) is 25.6 Å². The molecule has 0 saturated carbocycles. The number of rotatable bonds is 6. The molecule has 23 heavy (non-hydrogen) atoms. The van der Waals surface area contributed by atoms with Gasteiger partial charge in [0, 0.05) is 26.0 Å². The Kier molecular flexibility index (Phi) is 5.09. The third-order valence-corrected chi connectivity index (χ3v) is 4.23. The van der Waals surface area contributed by atoms with E-state index in [1.807, 2.05) is 20.9 Å². The number of hydrogen-bond acceptors (Lipinski definition) is 6. The summed E-state index contributed by atoms with van der Waals surface area (Å²) >= 11 is 1.20. The summed E-state index contributed by atoms with van der Waals surface area (Å²) in [4.78, 5) is 42.5. The zero-order valence-corrected chi connectivity index (χ0v) is 14.0. The molecule has 8 nitrogen and oxygen atoms in total. The maximum atomic E-state index is 12.4. The van der Waals surface area contributed by atoms with Gasteiger partial charge in [0.1, 0.15) is 11.4 Å². The number of carbonyl (C=O) groups is 1. The first-order valence-electron chi connectivity index (χ1n) is 7.07. The van der Waals surface area contributed by atoms with E-state index in [4.69, 9.17) is 5.73 Å². The highest BCUT2D eigenvalue weighted by molar-refractivity contribution is 7.99. The molecule has 0 unspecified atom stereocenters. The number of hydrogen-bond donors (Lipinski definition) is 2. The van der Waals surface area contributed by atoms with Crippen LogP contribution < -0.4 is 17.0 Å². The third-order valence-electron chi connectivity index (χ3n) is 3.18. The van der Waals surface area contributed by atoms with Gasteiger partial charge in [-0.2, -0.15) is 0 Å². The van der Waals surface area contributed by atoms with Crippen molar-refractivity contribution in [3.05, 3.63) is 38.8 Å². The minimum atomic E-state index is -0.752. The molecule has 0 amide bonds. The summed E-state index contributed by atoms with van der Waals surface area (Å²) in [6.07, 6.45) is 3.38. The summed E-state index contributed by atoms with van der Waals surface area (Å²) in [5, 5.41) is 0.656. The van der Waals surface area contributed by atoms with Crippen LogP contribution in [0.3, 0.4) is 0 Å². The Hall–Kier alpha value is -2.29. The number of nitrogen functional groups attached to an aromatic ring is 1. The number of carbonyl (C=O) groups excluding carboxylic acids is 1. The van der Waals surface area contributed by atoms with E-state index in [-0.39, 0.29) is 23.1 Å². The summed E-state index contributed by atoms with van der Waals surface area (Å²) in [6, 6.07) is 0. The van der Waals surface area contributed by atoms with Crippen molar-refractivity contribution in [2.45, 2.75) is 25.5 Å². The van der Waals surface area contributed by atoms with Crippen LogP contribution in [0, 0.1) is 5.92 Å². The van der Waals surface area contributed by atoms with Crippen LogP contribution in [0.2, 0.25) is 0 Å². The minimum absolute atomic E-state index is 0.0119. The molecule has 0 aliphatic carbocycles. The Bertz CT molecular complexity index is 834. The van der Waals surface area contributed by atoms with E-state index in [9.17, 15) is 14.4 Å². The molecule has 0 aliphatic heterocycles. The zero-order chi connectivity index (χ0) is 17.1. The van der Waals surface area contributed by atoms with Gasteiger partial charge < -0.3 is 10.3 Å². The van der Waals surface area contributed by atoms with Crippen molar-refractivity contribution in [3.8, 4) is 0 Å². The van der Waals surface area contributed by atoms with Gasteiger partial charge in [-0.25, -0.2) is 9.78 Å². The maximum absolute atomic E-state index is 12.4. The molecule has 2 aromatic heterocycles. The predicted molar refractivity (Wildman–Crippen MR) is 88.8 cm³/mol. The average Bonchev–Trinajstić information content (AvgIpc) is 2.86. The molecule has 0 aliphatic rings. The molecular formula is C14H19N5O3S. The topological polar surface area (TPSA) is 116 Å². The lowest BCUT2D eigenvalue weighted by molar-refractivity contribution is 0.102. The first-order valence-corrected chi connectivity index (χ1v) is 8.05. The van der Waals surface area contributed by atoms with Gasteiger partial charge in [0.25, 0.3) is 5.56 Å². The minimum Gasteiger partial charge on any atom is -0.384 e. The van der Waals surface area contributed by atoms with Crippen LogP contribution in [0.15, 0.2) is 27.1 Å². The van der Waals surface area contributed by atoms with Crippen molar-refractivity contribution in [3.63, 3.8) is 0 Å². The quantitative estimate of drug-likeness (QED) is 0.585. The van der Waals surface area contributed by atoms with Crippen molar-refractivity contribution in [1.82, 2.24) is 19.1 Å². The van der Waals surface area contributed by atoms with E-state index < -0.39 is 17.0 Å². The Labute approximate surface area is 136 Å². The van der Waals surface area contributed by atoms with Crippen LogP contribution in [0.4, 0.5) is 5.82 Å². The molecule has 124 valence electrons. The van der Waals surface area contributed by atoms with Crippen LogP contribution >= 0.6 is 11.8 Å². The van der Waals surface area contributed by atoms with Crippen molar-refractivity contribution in [2.24, 2.45) is 13.0 Å². The fraction of sp³-hybridized carbons (Fsp3) is 0.429. The van der Waals surface area contributed by atoms with E-state index in [1.165, 1.54) is 16.3 Å². The SMILES string of the molecule is CC(C)Cn1c(N)c(C(=O)CSc2nccn2C)c(=O)[nH]c1=O. The van der Waals surface area contributed by atoms with Gasteiger partial charge >= 0.3 is 5.69 Å². The standard InChI is InChI=1S/C14H19N5O3S/c1-8(2)6-19-11(15)10(12(21)17-13(19)22)9(20)7-23-14-16-4-5-18(14)3/h4-5,8H,6-7,15H2,1-3H3,(H,17,21,22). The van der Waals surface area contributed by atoms with E-state index in [0.717, 1.165) is 0 Å². The van der Waals surface area contributed by atoms with Crippen LogP contribution in [0.1, 0.15) is 24.2 Å². The van der Waals surface area contributed by atoms with Gasteiger partial charge in [-0.3, -0.25) is 19.1 Å². The van der Waals surface area contributed by atoms with Crippen molar-refractivity contribution >= 4 is 23.4 Å². The average molecular weight is 337 g/mol. The number of aromatic amines is 1. The number of nitrogens with two attached hydrogens (primary N) is 1. The molecule has 0 atom stereocenters. The van der Waals surface area contributed by atoms with Crippen LogP contribution in [0.5, 0.6) is 0 Å². The molecule has 2 rings (SSSR count). The highest BCUT2D eigenvalue weighted by Crippen LogP contribution is 2.17. The molecule has 0 fully saturated rings. The second-order valence-corrected chi connectivity index (χ2v) is 6.50. The van der Waals surface area contributed by atoms with Crippen molar-refractivity contribution in [2.75, 3.05) is 11.5 Å². The number of H-pyrrole nitrogens is 1. The second kappa shape index (κ2) is 6.86. The Morgan fingerprint density at radius 2 is 2.13 bits per heavy atom. The van der Waals surface area contributed by atoms with Gasteiger partial charge in [0.2, 0.25) is 0 Å². The molecule has 3 N–H and O–H groups in total. The monoisotopic (exact) mass is 337 g/mol. The molecule has 2 aromatic rings. The molecule has 0 radical (unpaired) electrons. The number of Topliss-reactive ketones (excluding diaryl/α,β-unsaturated/α-hetero) is 1. The summed E-state index contributed by atoms with van der Waals surface area (Å²) < 4.78 is 3.00. The Balaban J connectivity index is 2.31. The molecule has 9 heteroatoms. The second-order valence-electron chi connectivity index (χ2n) is 5.56. The van der Waals surface area contributed by atoms with Crippen LogP contribution in [0.25, 0.3) is 0 Å². The normalized spacial score (nSPS) is 11.1. The fourth-order valence-electron chi connectivity index (χ4n) is 2.10. The fourth-order valence-corrected chi connectivity index (χ4v) is 2.90. The third kappa shape index (κ3) is 3.73. The van der Waals surface area contributed by atoms with E-state index in [0.29, 0.717) is 11.7 Å². The first-order chi connectivity index (χ1) is 10.8. The Morgan fingerprint density at radius 1 is 1.43 bits per heavy atom. The lowest BCUT2D eigenvalue weighted by Crippen LogP contribution is -2.37. The van der Waals surface area contributed by atoms with Crippen molar-refractivity contribution in [1.29, 1.82) is 0 Å². The number of imidazole rings is 1. The lowest BCUT2D eigenvalue weighted by atomic mass is 10.2. The van der Waals surface area contributed by atoms with Gasteiger partial charge in [0.05, 0.1) is 5.75 Å². The largest absolute Gasteiger partial charge is 0.384 e. The molecule has 0 saturated heterocycles. The van der Waals surface area contributed by atoms with Gasteiger partial charge in [-0.05, 0) is 5.92 Å². The molecule has 2 heterocycles. The number of thioether (sulfide) groups is 1. The highest BCUT2D eigenvalue weighted by atomic mass is 32.2. The number of anilines is 1. The number of ketones is 1. The summed E-state index contributed by atoms with van der Waals surface area (Å²) in [5.74, 6) is -0.365. The van der Waals surface area contributed by atoms with Crippen molar-refractivity contribution < 1.29 is 4.79 Å². The van der Waals surface area contributed by atoms with E-state index in [1.54, 1.807) is 17.0 Å². The van der Waals surface area contributed by atoms with E-state index in [2.05, 4.69) is 9.97 Å². The smallest absolute Gasteiger partial charge is 0.329 e. The molecule has 0 bridgehead atoms. The van der Waals surface area contributed by atoms with E-state index >= 15 is 0 Å². The maximum Gasteiger partial charge on any atom is 0.329 e. The number of nitrogens with one attached hydrogen (secondary N) is 1. The van der Waals surface area contributed by atoms with Gasteiger partial charge in [0.15, 0.2) is 10.9 Å². The number of aryl methyl sites for hydroxylation is 1.